The van der Waals surface area contributed by atoms with Crippen LogP contribution in [0.4, 0.5) is 5.69 Å². The molecule has 2 fully saturated rings. The fourth-order valence-electron chi connectivity index (χ4n) is 4.19. The van der Waals surface area contributed by atoms with Crippen molar-refractivity contribution in [1.29, 1.82) is 0 Å². The van der Waals surface area contributed by atoms with Gasteiger partial charge >= 0.3 is 0 Å². The number of fused-ring (bicyclic) bond motifs is 1. The van der Waals surface area contributed by atoms with Gasteiger partial charge in [0.05, 0.1) is 18.1 Å². The lowest BCUT2D eigenvalue weighted by Crippen LogP contribution is -2.24. The Morgan fingerprint density at radius 1 is 1.21 bits per heavy atom. The number of rotatable bonds is 5. The van der Waals surface area contributed by atoms with Crippen molar-refractivity contribution in [2.24, 2.45) is 5.92 Å². The molecule has 29 heavy (non-hydrogen) atoms. The van der Waals surface area contributed by atoms with E-state index in [0.717, 1.165) is 34.7 Å². The van der Waals surface area contributed by atoms with Crippen molar-refractivity contribution in [1.82, 2.24) is 9.55 Å². The van der Waals surface area contributed by atoms with E-state index in [4.69, 9.17) is 32.9 Å². The molecule has 1 aromatic heterocycles. The van der Waals surface area contributed by atoms with E-state index in [-0.39, 0.29) is 17.7 Å². The molecule has 5 rings (SSSR count). The normalized spacial score (nSPS) is 23.0. The number of methoxy groups -OCH3 is 1. The fraction of sp³-hybridized carbons (Fsp3) is 0.364. The van der Waals surface area contributed by atoms with Gasteiger partial charge in [0.25, 0.3) is 0 Å². The molecule has 2 aromatic carbocycles. The Morgan fingerprint density at radius 3 is 2.76 bits per heavy atom. The highest BCUT2D eigenvalue weighted by atomic mass is 35.5. The van der Waals surface area contributed by atoms with Gasteiger partial charge in [0.1, 0.15) is 15.9 Å². The number of halogens is 2. The number of aromatic nitrogens is 2. The summed E-state index contributed by atoms with van der Waals surface area (Å²) >= 11 is 12.6. The van der Waals surface area contributed by atoms with E-state index in [9.17, 15) is 4.79 Å². The first kappa shape index (κ1) is 18.8. The van der Waals surface area contributed by atoms with Crippen LogP contribution in [0.15, 0.2) is 48.5 Å². The van der Waals surface area contributed by atoms with Crippen LogP contribution in [0.5, 0.6) is 5.75 Å². The average molecular weight is 430 g/mol. The van der Waals surface area contributed by atoms with Crippen molar-refractivity contribution >= 4 is 45.8 Å². The van der Waals surface area contributed by atoms with E-state index >= 15 is 0 Å². The van der Waals surface area contributed by atoms with Crippen molar-refractivity contribution in [2.45, 2.75) is 29.6 Å². The maximum Gasteiger partial charge on any atom is 0.227 e. The number of carbonyl (C=O) groups excluding carboxylic acids is 1. The smallest absolute Gasteiger partial charge is 0.227 e. The Hall–Kier alpha value is -2.24. The molecule has 2 heterocycles. The summed E-state index contributed by atoms with van der Waals surface area (Å²) in [5.74, 6) is 1.98. The maximum absolute atomic E-state index is 12.8. The van der Waals surface area contributed by atoms with Crippen LogP contribution >= 0.6 is 23.2 Å². The minimum atomic E-state index is -0.652. The molecule has 1 aliphatic heterocycles. The van der Waals surface area contributed by atoms with E-state index in [1.807, 2.05) is 47.4 Å². The SMILES string of the molecule is COc1cccc(N2CC(c3nc4ccccc4n3CC3CC3(Cl)Cl)CC2=O)c1. The van der Waals surface area contributed by atoms with Crippen molar-refractivity contribution in [3.63, 3.8) is 0 Å². The molecule has 0 N–H and O–H groups in total. The summed E-state index contributed by atoms with van der Waals surface area (Å²) < 4.78 is 6.87. The average Bonchev–Trinajstić information content (AvgIpc) is 3.04. The molecule has 7 heteroatoms. The molecule has 0 radical (unpaired) electrons. The summed E-state index contributed by atoms with van der Waals surface area (Å²) in [6.07, 6.45) is 1.21. The number of nitrogens with zero attached hydrogens (tertiary/aromatic N) is 3. The van der Waals surface area contributed by atoms with E-state index in [0.29, 0.717) is 19.5 Å². The number of hydrogen-bond acceptors (Lipinski definition) is 3. The van der Waals surface area contributed by atoms with E-state index in [1.165, 1.54) is 0 Å². The Bertz CT molecular complexity index is 1090. The molecule has 2 aliphatic rings. The van der Waals surface area contributed by atoms with E-state index < -0.39 is 4.33 Å². The minimum absolute atomic E-state index is 0.0138. The lowest BCUT2D eigenvalue weighted by molar-refractivity contribution is -0.117. The number of hydrogen-bond donors (Lipinski definition) is 0. The van der Waals surface area contributed by atoms with E-state index in [1.54, 1.807) is 7.11 Å². The summed E-state index contributed by atoms with van der Waals surface area (Å²) in [7, 11) is 1.63. The largest absolute Gasteiger partial charge is 0.497 e. The number of para-hydroxylation sites is 2. The molecular formula is C22H21Cl2N3O2. The molecular weight excluding hydrogens is 409 g/mol. The second kappa shape index (κ2) is 6.92. The zero-order valence-electron chi connectivity index (χ0n) is 16.0. The number of amides is 1. The van der Waals surface area contributed by atoms with Gasteiger partial charge in [0.15, 0.2) is 0 Å². The van der Waals surface area contributed by atoms with Gasteiger partial charge in [0, 0.05) is 43.1 Å². The van der Waals surface area contributed by atoms with Crippen LogP contribution in [0.2, 0.25) is 0 Å². The highest BCUT2D eigenvalue weighted by molar-refractivity contribution is 6.50. The second-order valence-electron chi connectivity index (χ2n) is 7.84. The van der Waals surface area contributed by atoms with Gasteiger partial charge < -0.3 is 14.2 Å². The van der Waals surface area contributed by atoms with Crippen molar-refractivity contribution in [3.05, 3.63) is 54.4 Å². The number of ether oxygens (including phenoxy) is 1. The lowest BCUT2D eigenvalue weighted by atomic mass is 10.1. The third-order valence-electron chi connectivity index (χ3n) is 5.90. The third kappa shape index (κ3) is 3.36. The van der Waals surface area contributed by atoms with Crippen LogP contribution in [0.25, 0.3) is 11.0 Å². The van der Waals surface area contributed by atoms with Crippen LogP contribution in [-0.4, -0.2) is 33.4 Å². The first-order valence-electron chi connectivity index (χ1n) is 9.73. The third-order valence-corrected chi connectivity index (χ3v) is 6.82. The lowest BCUT2D eigenvalue weighted by Gasteiger charge is -2.18. The van der Waals surface area contributed by atoms with Gasteiger partial charge in [-0.25, -0.2) is 4.98 Å². The van der Waals surface area contributed by atoms with Gasteiger partial charge in [-0.2, -0.15) is 0 Å². The number of carbonyl (C=O) groups is 1. The predicted octanol–water partition coefficient (Wildman–Crippen LogP) is 4.76. The summed E-state index contributed by atoms with van der Waals surface area (Å²) in [6, 6.07) is 15.7. The van der Waals surface area contributed by atoms with Crippen LogP contribution in [0.1, 0.15) is 24.6 Å². The van der Waals surface area contributed by atoms with Gasteiger partial charge in [-0.15, -0.1) is 23.2 Å². The molecule has 3 aromatic rings. The Labute approximate surface area is 179 Å². The molecule has 1 saturated carbocycles. The monoisotopic (exact) mass is 429 g/mol. The summed E-state index contributed by atoms with van der Waals surface area (Å²) in [6.45, 7) is 1.31. The summed E-state index contributed by atoms with van der Waals surface area (Å²) in [5.41, 5.74) is 2.85. The Morgan fingerprint density at radius 2 is 2.00 bits per heavy atom. The molecule has 1 amide bonds. The standard InChI is InChI=1S/C22H21Cl2N3O2/c1-29-17-6-4-5-16(10-17)26-12-14(9-20(26)28)21-25-18-7-2-3-8-19(18)27(21)13-15-11-22(15,23)24/h2-8,10,14-15H,9,11-13H2,1H3. The van der Waals surface area contributed by atoms with Gasteiger partial charge in [-0.05, 0) is 30.7 Å². The quantitative estimate of drug-likeness (QED) is 0.549. The number of benzene rings is 2. The van der Waals surface area contributed by atoms with Crippen molar-refractivity contribution in [3.8, 4) is 5.75 Å². The predicted molar refractivity (Wildman–Crippen MR) is 115 cm³/mol. The van der Waals surface area contributed by atoms with Gasteiger partial charge in [0.2, 0.25) is 5.91 Å². The van der Waals surface area contributed by atoms with Crippen LogP contribution < -0.4 is 9.64 Å². The number of imidazole rings is 1. The summed E-state index contributed by atoms with van der Waals surface area (Å²) in [4.78, 5) is 19.5. The second-order valence-corrected chi connectivity index (χ2v) is 9.38. The zero-order chi connectivity index (χ0) is 20.2. The van der Waals surface area contributed by atoms with Crippen LogP contribution in [-0.2, 0) is 11.3 Å². The highest BCUT2D eigenvalue weighted by Crippen LogP contribution is 2.54. The van der Waals surface area contributed by atoms with Crippen molar-refractivity contribution < 1.29 is 9.53 Å². The minimum Gasteiger partial charge on any atom is -0.497 e. The van der Waals surface area contributed by atoms with Gasteiger partial charge in [-0.1, -0.05) is 18.2 Å². The molecule has 0 bridgehead atoms. The highest BCUT2D eigenvalue weighted by Gasteiger charge is 2.52. The Balaban J connectivity index is 1.48. The molecule has 2 atom stereocenters. The number of anilines is 1. The first-order valence-corrected chi connectivity index (χ1v) is 10.5. The zero-order valence-corrected chi connectivity index (χ0v) is 17.5. The van der Waals surface area contributed by atoms with E-state index in [2.05, 4.69) is 10.6 Å². The molecule has 2 unspecified atom stereocenters. The fourth-order valence-corrected chi connectivity index (χ4v) is 4.70. The molecule has 0 spiro atoms. The molecule has 150 valence electrons. The van der Waals surface area contributed by atoms with Crippen LogP contribution in [0, 0.1) is 5.92 Å². The maximum atomic E-state index is 12.8. The van der Waals surface area contributed by atoms with Gasteiger partial charge in [-0.3, -0.25) is 4.79 Å². The molecule has 1 aliphatic carbocycles. The van der Waals surface area contributed by atoms with Crippen LogP contribution in [0.3, 0.4) is 0 Å². The topological polar surface area (TPSA) is 47.4 Å². The first-order chi connectivity index (χ1) is 14.0. The number of alkyl halides is 2. The molecule has 5 nitrogen and oxygen atoms in total. The molecule has 1 saturated heterocycles. The van der Waals surface area contributed by atoms with Crippen molar-refractivity contribution in [2.75, 3.05) is 18.6 Å². The summed E-state index contributed by atoms with van der Waals surface area (Å²) in [5, 5.41) is 0. The Kier molecular flexibility index (Phi) is 4.48.